The summed E-state index contributed by atoms with van der Waals surface area (Å²) in [6.07, 6.45) is 29.9. The summed E-state index contributed by atoms with van der Waals surface area (Å²) in [4.78, 5) is 0. The van der Waals surface area contributed by atoms with E-state index in [9.17, 15) is 10.2 Å². The minimum Gasteiger partial charge on any atom is -0.386 e. The van der Waals surface area contributed by atoms with E-state index < -0.39 is 12.2 Å². The fourth-order valence-corrected chi connectivity index (χ4v) is 6.11. The van der Waals surface area contributed by atoms with Gasteiger partial charge in [-0.2, -0.15) is 0 Å². The average molecular weight is 571 g/mol. The second kappa shape index (κ2) is 16.2. The molecule has 230 valence electrons. The third kappa shape index (κ3) is 11.5. The first-order valence-corrected chi connectivity index (χ1v) is 15.8. The highest BCUT2D eigenvalue weighted by Gasteiger charge is 2.27. The highest BCUT2D eigenvalue weighted by Crippen LogP contribution is 2.41. The van der Waals surface area contributed by atoms with E-state index in [1.54, 1.807) is 12.2 Å². The summed E-state index contributed by atoms with van der Waals surface area (Å²) >= 11 is 0. The largest absolute Gasteiger partial charge is 0.386 e. The van der Waals surface area contributed by atoms with E-state index in [0.29, 0.717) is 0 Å². The molecule has 0 radical (unpaired) electrons. The van der Waals surface area contributed by atoms with Crippen LogP contribution in [0.4, 0.5) is 0 Å². The van der Waals surface area contributed by atoms with Crippen LogP contribution < -0.4 is 0 Å². The lowest BCUT2D eigenvalue weighted by atomic mass is 9.72. The maximum absolute atomic E-state index is 10.5. The third-order valence-electron chi connectivity index (χ3n) is 8.76. The molecule has 0 saturated heterocycles. The molecule has 2 unspecified atom stereocenters. The number of hydrogen-bond donors (Lipinski definition) is 2. The van der Waals surface area contributed by atoms with Crippen molar-refractivity contribution in [3.8, 4) is 0 Å². The topological polar surface area (TPSA) is 40.5 Å². The van der Waals surface area contributed by atoms with Gasteiger partial charge in [-0.15, -0.1) is 0 Å². The van der Waals surface area contributed by atoms with Gasteiger partial charge in [-0.25, -0.2) is 0 Å². The van der Waals surface area contributed by atoms with Crippen LogP contribution >= 0.6 is 0 Å². The van der Waals surface area contributed by atoms with Gasteiger partial charge in [0.1, 0.15) is 12.2 Å². The van der Waals surface area contributed by atoms with Crippen LogP contribution in [0.25, 0.3) is 0 Å². The molecule has 0 heterocycles. The van der Waals surface area contributed by atoms with Crippen LogP contribution in [0.2, 0.25) is 0 Å². The van der Waals surface area contributed by atoms with Crippen LogP contribution in [0.1, 0.15) is 108 Å². The number of allylic oxidation sites excluding steroid dienone is 18. The molecule has 2 aliphatic carbocycles. The lowest BCUT2D eigenvalue weighted by Crippen LogP contribution is -2.22. The Morgan fingerprint density at radius 2 is 0.952 bits per heavy atom. The summed E-state index contributed by atoms with van der Waals surface area (Å²) in [5.41, 5.74) is 10.6. The molecule has 0 aromatic rings. The van der Waals surface area contributed by atoms with Crippen LogP contribution in [0, 0.1) is 10.8 Å². The Bertz CT molecular complexity index is 1150. The minimum atomic E-state index is -0.970. The zero-order valence-corrected chi connectivity index (χ0v) is 28.2. The van der Waals surface area contributed by atoms with Crippen molar-refractivity contribution in [2.45, 2.75) is 120 Å². The lowest BCUT2D eigenvalue weighted by Gasteiger charge is -2.33. The van der Waals surface area contributed by atoms with Crippen molar-refractivity contribution < 1.29 is 10.2 Å². The molecule has 0 spiro atoms. The molecule has 2 heteroatoms. The van der Waals surface area contributed by atoms with E-state index in [-0.39, 0.29) is 10.8 Å². The van der Waals surface area contributed by atoms with Crippen molar-refractivity contribution in [3.05, 3.63) is 117 Å². The minimum absolute atomic E-state index is 0.240. The van der Waals surface area contributed by atoms with Crippen LogP contribution in [0.15, 0.2) is 117 Å². The van der Waals surface area contributed by atoms with E-state index in [4.69, 9.17) is 0 Å². The molecule has 0 fully saturated rings. The number of rotatable bonds is 11. The molecule has 2 atom stereocenters. The summed E-state index contributed by atoms with van der Waals surface area (Å²) in [6, 6.07) is 0. The summed E-state index contributed by atoms with van der Waals surface area (Å²) in [6.45, 7) is 22.0. The summed E-state index contributed by atoms with van der Waals surface area (Å²) in [5, 5.41) is 21.1. The van der Waals surface area contributed by atoms with Crippen LogP contribution in [0.5, 0.6) is 0 Å². The lowest BCUT2D eigenvalue weighted by molar-refractivity contribution is 0.0801. The van der Waals surface area contributed by atoms with Crippen LogP contribution in [0.3, 0.4) is 0 Å². The van der Waals surface area contributed by atoms with E-state index in [1.807, 2.05) is 38.2 Å². The second-order valence-electron chi connectivity index (χ2n) is 13.9. The zero-order chi connectivity index (χ0) is 31.5. The fourth-order valence-electron chi connectivity index (χ4n) is 6.11. The van der Waals surface area contributed by atoms with Crippen LogP contribution in [-0.4, -0.2) is 22.4 Å². The molecule has 0 amide bonds. The van der Waals surface area contributed by atoms with Gasteiger partial charge in [0.25, 0.3) is 0 Å². The van der Waals surface area contributed by atoms with Crippen molar-refractivity contribution in [1.82, 2.24) is 0 Å². The Morgan fingerprint density at radius 1 is 0.595 bits per heavy atom. The molecule has 0 saturated carbocycles. The van der Waals surface area contributed by atoms with Gasteiger partial charge in [-0.05, 0) is 102 Å². The molecular weight excluding hydrogens is 512 g/mol. The van der Waals surface area contributed by atoms with E-state index in [2.05, 4.69) is 91.8 Å². The Morgan fingerprint density at radius 3 is 1.29 bits per heavy atom. The molecule has 2 N–H and O–H groups in total. The first kappa shape index (κ1) is 35.5. The normalized spacial score (nSPS) is 22.9. The highest BCUT2D eigenvalue weighted by atomic mass is 16.3. The Hall–Kier alpha value is -2.68. The quantitative estimate of drug-likeness (QED) is 0.243. The standard InChI is InChI=1S/C40H58O2/c1-29(21-23-35-33(5)19-13-25-39(35,7)8)15-11-17-31(3)27-37(41)38(42)28-32(4)18-12-16-30(2)22-24-36-34(6)20-14-26-40(36,9)10/h11-12,15-18,21-24,27-28,37-38,41-42H,13-14,19-20,25-26H2,1-10H3. The van der Waals surface area contributed by atoms with Gasteiger partial charge in [0.15, 0.2) is 0 Å². The highest BCUT2D eigenvalue weighted by molar-refractivity contribution is 5.38. The van der Waals surface area contributed by atoms with E-state index in [1.165, 1.54) is 72.0 Å². The second-order valence-corrected chi connectivity index (χ2v) is 13.9. The van der Waals surface area contributed by atoms with Crippen molar-refractivity contribution in [1.29, 1.82) is 0 Å². The van der Waals surface area contributed by atoms with Gasteiger partial charge in [-0.1, -0.05) is 134 Å². The Balaban J connectivity index is 1.94. The van der Waals surface area contributed by atoms with Gasteiger partial charge < -0.3 is 10.2 Å². The van der Waals surface area contributed by atoms with Crippen molar-refractivity contribution in [2.75, 3.05) is 0 Å². The average Bonchev–Trinajstić information content (AvgIpc) is 2.87. The molecule has 2 aliphatic rings. The number of hydrogen-bond acceptors (Lipinski definition) is 2. The molecule has 2 rings (SSSR count). The number of aliphatic hydroxyl groups is 2. The smallest absolute Gasteiger partial charge is 0.102 e. The Labute approximate surface area is 258 Å². The maximum Gasteiger partial charge on any atom is 0.102 e. The molecular formula is C40H58O2. The first-order chi connectivity index (χ1) is 19.6. The van der Waals surface area contributed by atoms with E-state index >= 15 is 0 Å². The Kier molecular flexibility index (Phi) is 13.7. The molecule has 42 heavy (non-hydrogen) atoms. The molecule has 0 aromatic carbocycles. The van der Waals surface area contributed by atoms with Gasteiger partial charge in [-0.3, -0.25) is 0 Å². The van der Waals surface area contributed by atoms with Gasteiger partial charge in [0.2, 0.25) is 0 Å². The van der Waals surface area contributed by atoms with Crippen LogP contribution in [-0.2, 0) is 0 Å². The van der Waals surface area contributed by atoms with Gasteiger partial charge in [0.05, 0.1) is 0 Å². The van der Waals surface area contributed by atoms with Gasteiger partial charge in [0, 0.05) is 0 Å². The summed E-state index contributed by atoms with van der Waals surface area (Å²) < 4.78 is 0. The predicted molar refractivity (Wildman–Crippen MR) is 184 cm³/mol. The first-order valence-electron chi connectivity index (χ1n) is 15.8. The summed E-state index contributed by atoms with van der Waals surface area (Å²) in [5.74, 6) is 0. The summed E-state index contributed by atoms with van der Waals surface area (Å²) in [7, 11) is 0. The number of aliphatic hydroxyl groups excluding tert-OH is 2. The maximum atomic E-state index is 10.5. The van der Waals surface area contributed by atoms with Gasteiger partial charge >= 0.3 is 0 Å². The van der Waals surface area contributed by atoms with E-state index in [0.717, 1.165) is 11.1 Å². The molecule has 2 nitrogen and oxygen atoms in total. The van der Waals surface area contributed by atoms with Crippen molar-refractivity contribution in [3.63, 3.8) is 0 Å². The predicted octanol–water partition coefficient (Wildman–Crippen LogP) is 10.8. The van der Waals surface area contributed by atoms with Crippen molar-refractivity contribution >= 4 is 0 Å². The SMILES string of the molecule is CC(C=CC1=C(C)CCCC1(C)C)=CC=CC(C)=CC(O)C(O)C=C(C)C=CC=C(C)C=CC1=C(C)CCCC1(C)C. The third-order valence-corrected chi connectivity index (χ3v) is 8.76. The molecule has 0 aliphatic heterocycles. The van der Waals surface area contributed by atoms with Crippen molar-refractivity contribution in [2.24, 2.45) is 10.8 Å². The molecule has 0 bridgehead atoms. The fraction of sp³-hybridized carbons (Fsp3) is 0.500. The monoisotopic (exact) mass is 570 g/mol. The molecule has 0 aromatic heterocycles. The zero-order valence-electron chi connectivity index (χ0n) is 28.2.